The van der Waals surface area contributed by atoms with E-state index in [2.05, 4.69) is 34.5 Å². The third-order valence-electron chi connectivity index (χ3n) is 2.68. The molecule has 0 bridgehead atoms. The number of nitrogens with zero attached hydrogens (tertiary/aromatic N) is 1. The maximum atomic E-state index is 5.33. The molecule has 1 fully saturated rings. The van der Waals surface area contributed by atoms with Crippen LogP contribution in [0.5, 0.6) is 0 Å². The first-order valence-corrected chi connectivity index (χ1v) is 5.84. The molecule has 1 aromatic rings. The lowest BCUT2D eigenvalue weighted by atomic mass is 10.2. The van der Waals surface area contributed by atoms with Gasteiger partial charge < -0.3 is 10.2 Å². The molecular weight excluding hydrogens is 204 g/mol. The van der Waals surface area contributed by atoms with Gasteiger partial charge in [0.1, 0.15) is 0 Å². The molecule has 15 heavy (non-hydrogen) atoms. The molecule has 0 spiro atoms. The number of hydrogen-bond donors (Lipinski definition) is 1. The van der Waals surface area contributed by atoms with Crippen LogP contribution in [0.2, 0.25) is 0 Å². The second kappa shape index (κ2) is 5.12. The van der Waals surface area contributed by atoms with Gasteiger partial charge in [-0.25, -0.2) is 0 Å². The van der Waals surface area contributed by atoms with Gasteiger partial charge in [0, 0.05) is 19.6 Å². The van der Waals surface area contributed by atoms with E-state index in [4.69, 9.17) is 12.2 Å². The zero-order chi connectivity index (χ0) is 10.5. The van der Waals surface area contributed by atoms with Gasteiger partial charge in [0.05, 0.1) is 0 Å². The fourth-order valence-corrected chi connectivity index (χ4v) is 2.06. The summed E-state index contributed by atoms with van der Waals surface area (Å²) in [4.78, 5) is 2.25. The van der Waals surface area contributed by atoms with Gasteiger partial charge >= 0.3 is 0 Å². The van der Waals surface area contributed by atoms with Gasteiger partial charge in [-0.15, -0.1) is 0 Å². The standard InChI is InChI=1S/C12H16N2S/c15-12(14-8-4-5-9-14)13-10-11-6-2-1-3-7-11/h1-3,6-7H,4-5,8-10H2,(H,13,15). The van der Waals surface area contributed by atoms with E-state index >= 15 is 0 Å². The summed E-state index contributed by atoms with van der Waals surface area (Å²) in [7, 11) is 0. The molecule has 1 saturated heterocycles. The van der Waals surface area contributed by atoms with Crippen molar-refractivity contribution < 1.29 is 0 Å². The fraction of sp³-hybridized carbons (Fsp3) is 0.417. The molecule has 1 N–H and O–H groups in total. The van der Waals surface area contributed by atoms with Gasteiger partial charge in [-0.3, -0.25) is 0 Å². The Kier molecular flexibility index (Phi) is 3.56. The van der Waals surface area contributed by atoms with E-state index < -0.39 is 0 Å². The highest BCUT2D eigenvalue weighted by Gasteiger charge is 2.13. The summed E-state index contributed by atoms with van der Waals surface area (Å²) in [6.45, 7) is 3.05. The van der Waals surface area contributed by atoms with E-state index in [9.17, 15) is 0 Å². The predicted octanol–water partition coefficient (Wildman–Crippen LogP) is 2.16. The Morgan fingerprint density at radius 2 is 1.87 bits per heavy atom. The summed E-state index contributed by atoms with van der Waals surface area (Å²) >= 11 is 5.33. The smallest absolute Gasteiger partial charge is 0.169 e. The van der Waals surface area contributed by atoms with Gasteiger partial charge in [-0.2, -0.15) is 0 Å². The lowest BCUT2D eigenvalue weighted by molar-refractivity contribution is 0.506. The zero-order valence-corrected chi connectivity index (χ0v) is 9.59. The van der Waals surface area contributed by atoms with Crippen molar-refractivity contribution in [1.29, 1.82) is 0 Å². The SMILES string of the molecule is S=C(NCc1ccccc1)N1CCCC1. The average Bonchev–Trinajstić information content (AvgIpc) is 2.81. The molecule has 2 nitrogen and oxygen atoms in total. The summed E-state index contributed by atoms with van der Waals surface area (Å²) in [5.41, 5.74) is 1.28. The molecule has 1 aromatic carbocycles. The molecule has 0 aromatic heterocycles. The average molecular weight is 220 g/mol. The molecule has 80 valence electrons. The van der Waals surface area contributed by atoms with Crippen molar-refractivity contribution in [3.63, 3.8) is 0 Å². The van der Waals surface area contributed by atoms with Crippen LogP contribution in [0.1, 0.15) is 18.4 Å². The molecule has 1 aliphatic rings. The van der Waals surface area contributed by atoms with E-state index in [-0.39, 0.29) is 0 Å². The van der Waals surface area contributed by atoms with Crippen molar-refractivity contribution in [2.75, 3.05) is 13.1 Å². The number of thiocarbonyl (C=S) groups is 1. The lowest BCUT2D eigenvalue weighted by Crippen LogP contribution is -2.37. The van der Waals surface area contributed by atoms with Crippen LogP contribution in [-0.4, -0.2) is 23.1 Å². The van der Waals surface area contributed by atoms with E-state index in [1.54, 1.807) is 0 Å². The van der Waals surface area contributed by atoms with Crippen molar-refractivity contribution in [2.45, 2.75) is 19.4 Å². The third kappa shape index (κ3) is 2.93. The normalized spacial score (nSPS) is 15.3. The van der Waals surface area contributed by atoms with Gasteiger partial charge in [-0.05, 0) is 30.6 Å². The van der Waals surface area contributed by atoms with E-state index in [0.717, 1.165) is 24.7 Å². The molecule has 1 aliphatic heterocycles. The number of benzene rings is 1. The highest BCUT2D eigenvalue weighted by Crippen LogP contribution is 2.07. The topological polar surface area (TPSA) is 15.3 Å². The number of hydrogen-bond acceptors (Lipinski definition) is 1. The highest BCUT2D eigenvalue weighted by atomic mass is 32.1. The van der Waals surface area contributed by atoms with Crippen molar-refractivity contribution in [3.8, 4) is 0 Å². The summed E-state index contributed by atoms with van der Waals surface area (Å²) < 4.78 is 0. The molecule has 0 unspecified atom stereocenters. The second-order valence-electron chi connectivity index (χ2n) is 3.84. The van der Waals surface area contributed by atoms with Crippen LogP contribution in [0.25, 0.3) is 0 Å². The summed E-state index contributed by atoms with van der Waals surface area (Å²) in [6.07, 6.45) is 2.54. The predicted molar refractivity (Wildman–Crippen MR) is 66.7 cm³/mol. The number of likely N-dealkylation sites (tertiary alicyclic amines) is 1. The van der Waals surface area contributed by atoms with Crippen molar-refractivity contribution in [3.05, 3.63) is 35.9 Å². The molecule has 1 heterocycles. The Hall–Kier alpha value is -1.09. The fourth-order valence-electron chi connectivity index (χ4n) is 1.81. The first-order chi connectivity index (χ1) is 7.36. The monoisotopic (exact) mass is 220 g/mol. The quantitative estimate of drug-likeness (QED) is 0.769. The lowest BCUT2D eigenvalue weighted by Gasteiger charge is -2.19. The van der Waals surface area contributed by atoms with Gasteiger partial charge in [0.25, 0.3) is 0 Å². The van der Waals surface area contributed by atoms with Gasteiger partial charge in [-0.1, -0.05) is 30.3 Å². The third-order valence-corrected chi connectivity index (χ3v) is 3.08. The summed E-state index contributed by atoms with van der Waals surface area (Å²) in [5.74, 6) is 0. The minimum Gasteiger partial charge on any atom is -0.358 e. The van der Waals surface area contributed by atoms with Gasteiger partial charge in [0.15, 0.2) is 5.11 Å². The molecule has 2 rings (SSSR count). The second-order valence-corrected chi connectivity index (χ2v) is 4.23. The van der Waals surface area contributed by atoms with Crippen LogP contribution in [-0.2, 0) is 6.54 Å². The number of nitrogens with one attached hydrogen (secondary N) is 1. The van der Waals surface area contributed by atoms with Crippen molar-refractivity contribution >= 4 is 17.3 Å². The maximum absolute atomic E-state index is 5.33. The molecule has 0 aliphatic carbocycles. The van der Waals surface area contributed by atoms with Crippen molar-refractivity contribution in [2.24, 2.45) is 0 Å². The Morgan fingerprint density at radius 3 is 2.53 bits per heavy atom. The van der Waals surface area contributed by atoms with Crippen LogP contribution < -0.4 is 5.32 Å². The molecule has 0 amide bonds. The molecule has 0 saturated carbocycles. The van der Waals surface area contributed by atoms with E-state index in [1.165, 1.54) is 18.4 Å². The van der Waals surface area contributed by atoms with E-state index in [1.807, 2.05) is 6.07 Å². The summed E-state index contributed by atoms with van der Waals surface area (Å²) in [5, 5.41) is 4.20. The first-order valence-electron chi connectivity index (χ1n) is 5.43. The molecule has 0 radical (unpaired) electrons. The highest BCUT2D eigenvalue weighted by molar-refractivity contribution is 7.80. The maximum Gasteiger partial charge on any atom is 0.169 e. The summed E-state index contributed by atoms with van der Waals surface area (Å²) in [6, 6.07) is 10.4. The van der Waals surface area contributed by atoms with Crippen molar-refractivity contribution in [1.82, 2.24) is 10.2 Å². The van der Waals surface area contributed by atoms with Crippen LogP contribution in [0.3, 0.4) is 0 Å². The molecular formula is C12H16N2S. The van der Waals surface area contributed by atoms with Gasteiger partial charge in [0.2, 0.25) is 0 Å². The van der Waals surface area contributed by atoms with Crippen LogP contribution >= 0.6 is 12.2 Å². The first kappa shape index (κ1) is 10.4. The zero-order valence-electron chi connectivity index (χ0n) is 8.78. The Morgan fingerprint density at radius 1 is 1.20 bits per heavy atom. The van der Waals surface area contributed by atoms with E-state index in [0.29, 0.717) is 0 Å². The van der Waals surface area contributed by atoms with Crippen LogP contribution in [0.15, 0.2) is 30.3 Å². The Bertz CT molecular complexity index is 318. The largest absolute Gasteiger partial charge is 0.358 e. The molecule has 0 atom stereocenters. The van der Waals surface area contributed by atoms with Crippen LogP contribution in [0.4, 0.5) is 0 Å². The Labute approximate surface area is 96.3 Å². The Balaban J connectivity index is 1.80. The minimum absolute atomic E-state index is 0.830. The minimum atomic E-state index is 0.830. The number of rotatable bonds is 2. The van der Waals surface area contributed by atoms with Crippen LogP contribution in [0, 0.1) is 0 Å². The molecule has 3 heteroatoms.